The predicted octanol–water partition coefficient (Wildman–Crippen LogP) is 1.56. The number of rotatable bonds is 3. The molecule has 3 rings (SSSR count). The van der Waals surface area contributed by atoms with Crippen LogP contribution in [0.5, 0.6) is 5.75 Å². The van der Waals surface area contributed by atoms with Gasteiger partial charge in [-0.2, -0.15) is 0 Å². The van der Waals surface area contributed by atoms with Crippen LogP contribution in [0.3, 0.4) is 0 Å². The highest BCUT2D eigenvalue weighted by atomic mass is 35.5. The molecule has 0 fully saturated rings. The number of aromatic nitrogens is 2. The lowest BCUT2D eigenvalue weighted by Gasteiger charge is -2.27. The van der Waals surface area contributed by atoms with E-state index in [-0.39, 0.29) is 17.9 Å². The van der Waals surface area contributed by atoms with Crippen molar-refractivity contribution in [2.45, 2.75) is 19.4 Å². The quantitative estimate of drug-likeness (QED) is 0.925. The van der Waals surface area contributed by atoms with Crippen LogP contribution in [0.1, 0.15) is 16.8 Å². The van der Waals surface area contributed by atoms with Crippen LogP contribution in [0, 0.1) is 0 Å². The summed E-state index contributed by atoms with van der Waals surface area (Å²) >= 11 is 6.18. The molecule has 1 aromatic carbocycles. The van der Waals surface area contributed by atoms with Gasteiger partial charge < -0.3 is 14.6 Å². The zero-order valence-corrected chi connectivity index (χ0v) is 13.4. The Morgan fingerprint density at radius 2 is 2.30 bits per heavy atom. The van der Waals surface area contributed by atoms with Crippen LogP contribution in [-0.2, 0) is 24.2 Å². The number of nitrogens with one attached hydrogen (secondary N) is 1. The fraction of sp³-hybridized carbons (Fsp3) is 0.312. The van der Waals surface area contributed by atoms with Crippen molar-refractivity contribution in [2.24, 2.45) is 0 Å². The first-order valence-electron chi connectivity index (χ1n) is 7.24. The third-order valence-electron chi connectivity index (χ3n) is 3.97. The van der Waals surface area contributed by atoms with Crippen LogP contribution in [-0.4, -0.2) is 34.4 Å². The molecule has 23 heavy (non-hydrogen) atoms. The summed E-state index contributed by atoms with van der Waals surface area (Å²) in [5, 5.41) is 0.504. The Hall–Kier alpha value is -2.34. The van der Waals surface area contributed by atoms with Crippen LogP contribution in [0.15, 0.2) is 29.3 Å². The first kappa shape index (κ1) is 15.6. The topological polar surface area (TPSA) is 75.3 Å². The van der Waals surface area contributed by atoms with Gasteiger partial charge in [-0.05, 0) is 24.1 Å². The van der Waals surface area contributed by atoms with Crippen LogP contribution in [0.4, 0.5) is 0 Å². The molecule has 0 unspecified atom stereocenters. The molecule has 0 aliphatic carbocycles. The van der Waals surface area contributed by atoms with Crippen molar-refractivity contribution in [3.63, 3.8) is 0 Å². The number of halogens is 1. The molecule has 1 aliphatic rings. The molecule has 6 nitrogen and oxygen atoms in total. The van der Waals surface area contributed by atoms with Crippen molar-refractivity contribution in [1.82, 2.24) is 14.9 Å². The third-order valence-corrected chi connectivity index (χ3v) is 4.32. The smallest absolute Gasteiger partial charge is 0.254 e. The second kappa shape index (κ2) is 6.42. The zero-order valence-electron chi connectivity index (χ0n) is 12.6. The van der Waals surface area contributed by atoms with Gasteiger partial charge in [0.15, 0.2) is 0 Å². The van der Waals surface area contributed by atoms with Crippen LogP contribution >= 0.6 is 11.6 Å². The maximum atomic E-state index is 12.5. The van der Waals surface area contributed by atoms with Gasteiger partial charge in [0.1, 0.15) is 5.75 Å². The molecule has 1 aliphatic heterocycles. The fourth-order valence-electron chi connectivity index (χ4n) is 2.65. The summed E-state index contributed by atoms with van der Waals surface area (Å²) in [6.07, 6.45) is 2.09. The molecule has 0 atom stereocenters. The first-order valence-corrected chi connectivity index (χ1v) is 7.62. The van der Waals surface area contributed by atoms with Crippen LogP contribution in [0.25, 0.3) is 0 Å². The SMILES string of the molecule is COc1ccc(CC(=O)N2CCc3c(nc[nH]c3=O)C2)c(Cl)c1. The number of hydrogen-bond acceptors (Lipinski definition) is 4. The van der Waals surface area contributed by atoms with Gasteiger partial charge in [-0.25, -0.2) is 4.98 Å². The molecule has 0 spiro atoms. The average Bonchev–Trinajstić information content (AvgIpc) is 2.56. The maximum absolute atomic E-state index is 12.5. The summed E-state index contributed by atoms with van der Waals surface area (Å²) in [7, 11) is 1.57. The first-order chi connectivity index (χ1) is 11.1. The number of hydrogen-bond donors (Lipinski definition) is 1. The van der Waals surface area contributed by atoms with E-state index in [1.165, 1.54) is 6.33 Å². The van der Waals surface area contributed by atoms with E-state index in [0.29, 0.717) is 41.5 Å². The van der Waals surface area contributed by atoms with E-state index in [4.69, 9.17) is 16.3 Å². The van der Waals surface area contributed by atoms with Gasteiger partial charge in [0.2, 0.25) is 5.91 Å². The van der Waals surface area contributed by atoms with Crippen molar-refractivity contribution < 1.29 is 9.53 Å². The van der Waals surface area contributed by atoms with Gasteiger partial charge in [-0.1, -0.05) is 17.7 Å². The van der Waals surface area contributed by atoms with Crippen molar-refractivity contribution >= 4 is 17.5 Å². The number of carbonyl (C=O) groups excluding carboxylic acids is 1. The van der Waals surface area contributed by atoms with E-state index >= 15 is 0 Å². The third kappa shape index (κ3) is 3.22. The highest BCUT2D eigenvalue weighted by Gasteiger charge is 2.23. The Morgan fingerprint density at radius 3 is 3.04 bits per heavy atom. The number of carbonyl (C=O) groups is 1. The summed E-state index contributed by atoms with van der Waals surface area (Å²) in [6.45, 7) is 0.861. The Balaban J connectivity index is 1.74. The lowest BCUT2D eigenvalue weighted by atomic mass is 10.1. The minimum absolute atomic E-state index is 0.0372. The number of ether oxygens (including phenoxy) is 1. The van der Waals surface area contributed by atoms with E-state index in [0.717, 1.165) is 5.56 Å². The highest BCUT2D eigenvalue weighted by Crippen LogP contribution is 2.24. The predicted molar refractivity (Wildman–Crippen MR) is 85.7 cm³/mol. The summed E-state index contributed by atoms with van der Waals surface area (Å²) in [5.74, 6) is 0.617. The molecular formula is C16H16ClN3O3. The van der Waals surface area contributed by atoms with Crippen molar-refractivity contribution in [2.75, 3.05) is 13.7 Å². The van der Waals surface area contributed by atoms with Gasteiger partial charge in [0, 0.05) is 17.1 Å². The molecule has 1 aromatic heterocycles. The summed E-state index contributed by atoms with van der Waals surface area (Å²) < 4.78 is 5.10. The van der Waals surface area contributed by atoms with Gasteiger partial charge in [-0.3, -0.25) is 9.59 Å². The largest absolute Gasteiger partial charge is 0.497 e. The highest BCUT2D eigenvalue weighted by molar-refractivity contribution is 6.31. The number of aromatic amines is 1. The number of nitrogens with zero attached hydrogens (tertiary/aromatic N) is 2. The lowest BCUT2D eigenvalue weighted by molar-refractivity contribution is -0.131. The van der Waals surface area contributed by atoms with Gasteiger partial charge >= 0.3 is 0 Å². The Morgan fingerprint density at radius 1 is 1.48 bits per heavy atom. The van der Waals surface area contributed by atoms with Crippen LogP contribution in [0.2, 0.25) is 5.02 Å². The fourth-order valence-corrected chi connectivity index (χ4v) is 2.89. The summed E-state index contributed by atoms with van der Waals surface area (Å²) in [5.41, 5.74) is 1.95. The molecule has 0 saturated heterocycles. The molecule has 1 amide bonds. The standard InChI is InChI=1S/C16H16ClN3O3/c1-23-11-3-2-10(13(17)7-11)6-15(21)20-5-4-12-14(8-20)18-9-19-16(12)22/h2-3,7,9H,4-6,8H2,1H3,(H,18,19,22). The van der Waals surface area contributed by atoms with Crippen LogP contribution < -0.4 is 10.3 Å². The van der Waals surface area contributed by atoms with Crippen molar-refractivity contribution in [3.05, 3.63) is 56.7 Å². The summed E-state index contributed by atoms with van der Waals surface area (Å²) in [4.78, 5) is 32.6. The number of H-pyrrole nitrogens is 1. The minimum atomic E-state index is -0.125. The zero-order chi connectivity index (χ0) is 16.4. The number of fused-ring (bicyclic) bond motifs is 1. The molecule has 1 N–H and O–H groups in total. The van der Waals surface area contributed by atoms with E-state index < -0.39 is 0 Å². The second-order valence-corrected chi connectivity index (χ2v) is 5.76. The van der Waals surface area contributed by atoms with Crippen molar-refractivity contribution in [3.8, 4) is 5.75 Å². The monoisotopic (exact) mass is 333 g/mol. The molecule has 2 heterocycles. The number of benzene rings is 1. The van der Waals surface area contributed by atoms with Gasteiger partial charge in [0.05, 0.1) is 32.1 Å². The van der Waals surface area contributed by atoms with E-state index in [1.54, 1.807) is 30.2 Å². The van der Waals surface area contributed by atoms with E-state index in [1.807, 2.05) is 0 Å². The molecule has 0 radical (unpaired) electrons. The molecule has 2 aromatic rings. The number of methoxy groups -OCH3 is 1. The lowest BCUT2D eigenvalue weighted by Crippen LogP contribution is -2.39. The number of amides is 1. The second-order valence-electron chi connectivity index (χ2n) is 5.36. The maximum Gasteiger partial charge on any atom is 0.254 e. The molecule has 7 heteroatoms. The van der Waals surface area contributed by atoms with E-state index in [2.05, 4.69) is 9.97 Å². The Labute approximate surface area is 138 Å². The molecule has 0 saturated carbocycles. The molecular weight excluding hydrogens is 318 g/mol. The van der Waals surface area contributed by atoms with Crippen molar-refractivity contribution in [1.29, 1.82) is 0 Å². The molecule has 120 valence electrons. The minimum Gasteiger partial charge on any atom is -0.497 e. The molecule has 0 bridgehead atoms. The summed E-state index contributed by atoms with van der Waals surface area (Å²) in [6, 6.07) is 5.26. The van der Waals surface area contributed by atoms with Gasteiger partial charge in [0.25, 0.3) is 5.56 Å². The Bertz CT molecular complexity index is 803. The van der Waals surface area contributed by atoms with Gasteiger partial charge in [-0.15, -0.1) is 0 Å². The average molecular weight is 334 g/mol. The normalized spacial score (nSPS) is 13.6. The van der Waals surface area contributed by atoms with E-state index in [9.17, 15) is 9.59 Å². The Kier molecular flexibility index (Phi) is 4.34.